The molecule has 0 aliphatic heterocycles. The van der Waals surface area contributed by atoms with Crippen molar-refractivity contribution < 1.29 is 9.26 Å². The number of hydrogen-bond donors (Lipinski definition) is 0. The van der Waals surface area contributed by atoms with Gasteiger partial charge in [-0.2, -0.15) is 4.74 Å². The van der Waals surface area contributed by atoms with Gasteiger partial charge in [-0.1, -0.05) is 13.3 Å². The van der Waals surface area contributed by atoms with E-state index in [9.17, 15) is 4.79 Å². The van der Waals surface area contributed by atoms with Crippen molar-refractivity contribution >= 4 is 11.0 Å². The van der Waals surface area contributed by atoms with Crippen molar-refractivity contribution in [2.24, 2.45) is 0 Å². The smallest absolute Gasteiger partial charge is 0.290 e. The van der Waals surface area contributed by atoms with E-state index in [1.54, 1.807) is 25.3 Å². The van der Waals surface area contributed by atoms with E-state index in [-0.39, 0.29) is 5.56 Å². The summed E-state index contributed by atoms with van der Waals surface area (Å²) in [5.74, 6) is 0.698. The van der Waals surface area contributed by atoms with Crippen molar-refractivity contribution in [2.45, 2.75) is 26.3 Å². The second-order valence-corrected chi connectivity index (χ2v) is 3.71. The van der Waals surface area contributed by atoms with Gasteiger partial charge in [-0.25, -0.2) is 0 Å². The molecule has 16 heavy (non-hydrogen) atoms. The maximum Gasteiger partial charge on any atom is 0.290 e. The molecule has 0 unspecified atom stereocenters. The molecule has 0 N–H and O–H groups in total. The van der Waals surface area contributed by atoms with Gasteiger partial charge in [0.05, 0.1) is 19.0 Å². The average Bonchev–Trinajstić information content (AvgIpc) is 2.63. The molecule has 4 heteroatoms. The third kappa shape index (κ3) is 1.83. The first-order chi connectivity index (χ1) is 7.76. The number of benzene rings is 1. The van der Waals surface area contributed by atoms with Crippen LogP contribution in [0.25, 0.3) is 11.0 Å². The molecule has 1 heterocycles. The summed E-state index contributed by atoms with van der Waals surface area (Å²) < 4.78 is 12.0. The summed E-state index contributed by atoms with van der Waals surface area (Å²) in [6.07, 6.45) is 1.98. The Morgan fingerprint density at radius 3 is 2.94 bits per heavy atom. The number of fused-ring (bicyclic) bond motifs is 1. The highest BCUT2D eigenvalue weighted by molar-refractivity contribution is 5.77. The summed E-state index contributed by atoms with van der Waals surface area (Å²) in [5, 5.41) is 0.608. The second-order valence-electron chi connectivity index (χ2n) is 3.71. The minimum Gasteiger partial charge on any atom is -0.497 e. The number of aromatic nitrogens is 1. The Bertz CT molecular complexity index is 539. The van der Waals surface area contributed by atoms with E-state index in [2.05, 4.69) is 6.92 Å². The predicted octanol–water partition coefficient (Wildman–Crippen LogP) is 2.40. The molecule has 0 aliphatic rings. The van der Waals surface area contributed by atoms with Gasteiger partial charge in [0, 0.05) is 6.07 Å². The SMILES string of the molecule is CCCCn1oc2cc(OC)ccc2c1=O. The van der Waals surface area contributed by atoms with Crippen LogP contribution in [-0.4, -0.2) is 11.8 Å². The molecule has 0 aliphatic carbocycles. The van der Waals surface area contributed by atoms with Crippen molar-refractivity contribution in [3.05, 3.63) is 28.6 Å². The van der Waals surface area contributed by atoms with Crippen molar-refractivity contribution in [3.8, 4) is 5.75 Å². The Hall–Kier alpha value is -1.71. The molecule has 1 aromatic heterocycles. The summed E-state index contributed by atoms with van der Waals surface area (Å²) in [4.78, 5) is 11.9. The van der Waals surface area contributed by atoms with Crippen LogP contribution in [0.5, 0.6) is 5.75 Å². The number of methoxy groups -OCH3 is 1. The van der Waals surface area contributed by atoms with Gasteiger partial charge in [-0.15, -0.1) is 0 Å². The monoisotopic (exact) mass is 221 g/mol. The molecular formula is C12H15NO3. The van der Waals surface area contributed by atoms with E-state index in [0.717, 1.165) is 12.8 Å². The van der Waals surface area contributed by atoms with Crippen LogP contribution in [0, 0.1) is 0 Å². The van der Waals surface area contributed by atoms with Crippen molar-refractivity contribution in [2.75, 3.05) is 7.11 Å². The molecule has 86 valence electrons. The van der Waals surface area contributed by atoms with E-state index in [1.807, 2.05) is 0 Å². The minimum absolute atomic E-state index is 0.0638. The lowest BCUT2D eigenvalue weighted by molar-refractivity contribution is 0.276. The third-order valence-corrected chi connectivity index (χ3v) is 2.57. The molecule has 0 saturated carbocycles. The summed E-state index contributed by atoms with van der Waals surface area (Å²) in [5.41, 5.74) is 0.520. The van der Waals surface area contributed by atoms with Crippen LogP contribution in [0.1, 0.15) is 19.8 Å². The molecule has 0 fully saturated rings. The highest BCUT2D eigenvalue weighted by Gasteiger charge is 2.09. The van der Waals surface area contributed by atoms with Crippen molar-refractivity contribution in [1.29, 1.82) is 0 Å². The topological polar surface area (TPSA) is 44.4 Å². The molecule has 2 aromatic rings. The van der Waals surface area contributed by atoms with Gasteiger partial charge in [-0.3, -0.25) is 4.79 Å². The zero-order chi connectivity index (χ0) is 11.5. The molecule has 0 spiro atoms. The van der Waals surface area contributed by atoms with Crippen LogP contribution < -0.4 is 10.3 Å². The summed E-state index contributed by atoms with van der Waals surface area (Å²) in [6, 6.07) is 5.24. The van der Waals surface area contributed by atoms with Crippen LogP contribution in [0.3, 0.4) is 0 Å². The number of aryl methyl sites for hydroxylation is 1. The third-order valence-electron chi connectivity index (χ3n) is 2.57. The van der Waals surface area contributed by atoms with Gasteiger partial charge in [0.2, 0.25) is 0 Å². The normalized spacial score (nSPS) is 10.9. The number of unbranched alkanes of at least 4 members (excludes halogenated alkanes) is 1. The van der Waals surface area contributed by atoms with E-state index < -0.39 is 0 Å². The van der Waals surface area contributed by atoms with Gasteiger partial charge < -0.3 is 9.26 Å². The first-order valence-electron chi connectivity index (χ1n) is 5.44. The molecule has 2 rings (SSSR count). The summed E-state index contributed by atoms with van der Waals surface area (Å²) in [7, 11) is 1.59. The number of ether oxygens (including phenoxy) is 1. The van der Waals surface area contributed by atoms with Crippen LogP contribution in [-0.2, 0) is 6.54 Å². The number of nitrogens with zero attached hydrogens (tertiary/aromatic N) is 1. The van der Waals surface area contributed by atoms with Crippen LogP contribution in [0.15, 0.2) is 27.5 Å². The summed E-state index contributed by atoms with van der Waals surface area (Å²) >= 11 is 0. The van der Waals surface area contributed by atoms with E-state index in [4.69, 9.17) is 9.26 Å². The Labute approximate surface area is 93.4 Å². The largest absolute Gasteiger partial charge is 0.497 e. The van der Waals surface area contributed by atoms with Crippen LogP contribution in [0.4, 0.5) is 0 Å². The summed E-state index contributed by atoms with van der Waals surface area (Å²) in [6.45, 7) is 2.71. The van der Waals surface area contributed by atoms with Crippen LogP contribution >= 0.6 is 0 Å². The van der Waals surface area contributed by atoms with E-state index >= 15 is 0 Å². The highest BCUT2D eigenvalue weighted by atomic mass is 16.5. The minimum atomic E-state index is -0.0638. The van der Waals surface area contributed by atoms with Gasteiger partial charge in [0.15, 0.2) is 5.58 Å². The zero-order valence-electron chi connectivity index (χ0n) is 9.53. The lowest BCUT2D eigenvalue weighted by Gasteiger charge is -1.96. The molecule has 1 aromatic carbocycles. The van der Waals surface area contributed by atoms with Crippen molar-refractivity contribution in [1.82, 2.24) is 4.74 Å². The van der Waals surface area contributed by atoms with Gasteiger partial charge in [0.25, 0.3) is 5.56 Å². The van der Waals surface area contributed by atoms with Crippen molar-refractivity contribution in [3.63, 3.8) is 0 Å². The Morgan fingerprint density at radius 2 is 2.25 bits per heavy atom. The Kier molecular flexibility index (Phi) is 2.99. The Morgan fingerprint density at radius 1 is 1.44 bits per heavy atom. The molecule has 0 saturated heterocycles. The van der Waals surface area contributed by atoms with E-state index in [1.165, 1.54) is 4.74 Å². The maximum atomic E-state index is 11.9. The van der Waals surface area contributed by atoms with Gasteiger partial charge >= 0.3 is 0 Å². The fourth-order valence-corrected chi connectivity index (χ4v) is 1.63. The standard InChI is InChI=1S/C12H15NO3/c1-3-4-7-13-12(14)10-6-5-9(15-2)8-11(10)16-13/h5-6,8H,3-4,7H2,1-2H3. The lowest BCUT2D eigenvalue weighted by Crippen LogP contribution is -2.13. The molecule has 4 nitrogen and oxygen atoms in total. The fourth-order valence-electron chi connectivity index (χ4n) is 1.63. The predicted molar refractivity (Wildman–Crippen MR) is 61.9 cm³/mol. The highest BCUT2D eigenvalue weighted by Crippen LogP contribution is 2.18. The average molecular weight is 221 g/mol. The first kappa shape index (κ1) is 10.8. The Balaban J connectivity index is 2.46. The number of hydrogen-bond acceptors (Lipinski definition) is 3. The second kappa shape index (κ2) is 4.43. The zero-order valence-corrected chi connectivity index (χ0v) is 9.53. The lowest BCUT2D eigenvalue weighted by atomic mass is 10.2. The quantitative estimate of drug-likeness (QED) is 0.796. The fraction of sp³-hybridized carbons (Fsp3) is 0.417. The molecular weight excluding hydrogens is 206 g/mol. The number of rotatable bonds is 4. The molecule has 0 atom stereocenters. The maximum absolute atomic E-state index is 11.9. The van der Waals surface area contributed by atoms with Gasteiger partial charge in [0.1, 0.15) is 5.75 Å². The molecule has 0 radical (unpaired) electrons. The first-order valence-corrected chi connectivity index (χ1v) is 5.44. The molecule has 0 bridgehead atoms. The van der Waals surface area contributed by atoms with Gasteiger partial charge in [-0.05, 0) is 18.6 Å². The molecule has 0 amide bonds. The van der Waals surface area contributed by atoms with Crippen LogP contribution in [0.2, 0.25) is 0 Å². The van der Waals surface area contributed by atoms with E-state index in [0.29, 0.717) is 23.3 Å².